The minimum atomic E-state index is -1.29. The summed E-state index contributed by atoms with van der Waals surface area (Å²) in [7, 11) is 0. The molecule has 4 heteroatoms. The van der Waals surface area contributed by atoms with Crippen LogP contribution in [0.15, 0.2) is 40.5 Å². The summed E-state index contributed by atoms with van der Waals surface area (Å²) in [5.74, 6) is 0.0832. The van der Waals surface area contributed by atoms with Crippen molar-refractivity contribution in [3.05, 3.63) is 35.9 Å². The fourth-order valence-electron chi connectivity index (χ4n) is 1.16. The van der Waals surface area contributed by atoms with E-state index in [-0.39, 0.29) is 5.84 Å². The molecule has 16 heavy (non-hydrogen) atoms. The topological polar surface area (TPSA) is 71.0 Å². The van der Waals surface area contributed by atoms with Crippen molar-refractivity contribution in [1.29, 1.82) is 0 Å². The summed E-state index contributed by atoms with van der Waals surface area (Å²) >= 11 is 0. The number of rotatable bonds is 3. The highest BCUT2D eigenvalue weighted by atomic mass is 16.3. The SMILES string of the molecule is CC(C)=N/N=C(\N)C(C)(O)c1ccccc1. The van der Waals surface area contributed by atoms with Crippen molar-refractivity contribution in [2.45, 2.75) is 26.4 Å². The number of hydrogen-bond donors (Lipinski definition) is 2. The van der Waals surface area contributed by atoms with Gasteiger partial charge in [-0.15, -0.1) is 5.10 Å². The van der Waals surface area contributed by atoms with Crippen molar-refractivity contribution < 1.29 is 5.11 Å². The molecule has 0 heterocycles. The van der Waals surface area contributed by atoms with E-state index in [1.54, 1.807) is 19.1 Å². The molecule has 3 N–H and O–H groups in total. The molecule has 1 rings (SSSR count). The molecule has 4 nitrogen and oxygen atoms in total. The van der Waals surface area contributed by atoms with E-state index in [9.17, 15) is 5.11 Å². The van der Waals surface area contributed by atoms with E-state index in [4.69, 9.17) is 5.73 Å². The Morgan fingerprint density at radius 3 is 2.25 bits per heavy atom. The number of benzene rings is 1. The Morgan fingerprint density at radius 2 is 1.75 bits per heavy atom. The Kier molecular flexibility index (Phi) is 3.79. The molecule has 0 bridgehead atoms. The lowest BCUT2D eigenvalue weighted by Crippen LogP contribution is -2.38. The lowest BCUT2D eigenvalue weighted by atomic mass is 9.95. The average Bonchev–Trinajstić information content (AvgIpc) is 2.27. The summed E-state index contributed by atoms with van der Waals surface area (Å²) in [5, 5.41) is 17.9. The maximum absolute atomic E-state index is 10.2. The zero-order valence-corrected chi connectivity index (χ0v) is 9.81. The maximum Gasteiger partial charge on any atom is 0.158 e. The summed E-state index contributed by atoms with van der Waals surface area (Å²) in [6, 6.07) is 9.15. The maximum atomic E-state index is 10.2. The third-order valence-electron chi connectivity index (χ3n) is 2.19. The molecule has 1 atom stereocenters. The zero-order valence-electron chi connectivity index (χ0n) is 9.81. The van der Waals surface area contributed by atoms with Crippen LogP contribution < -0.4 is 5.73 Å². The van der Waals surface area contributed by atoms with Crippen LogP contribution in [0, 0.1) is 0 Å². The van der Waals surface area contributed by atoms with Gasteiger partial charge in [0, 0.05) is 5.71 Å². The lowest BCUT2D eigenvalue weighted by Gasteiger charge is -2.22. The molecule has 86 valence electrons. The molecule has 1 aromatic carbocycles. The number of hydrogen-bond acceptors (Lipinski definition) is 3. The highest BCUT2D eigenvalue weighted by Gasteiger charge is 2.27. The molecule has 0 aliphatic rings. The first-order valence-corrected chi connectivity index (χ1v) is 5.07. The first-order valence-electron chi connectivity index (χ1n) is 5.07. The van der Waals surface area contributed by atoms with Crippen LogP contribution in [0.2, 0.25) is 0 Å². The highest BCUT2D eigenvalue weighted by molar-refractivity contribution is 5.90. The smallest absolute Gasteiger partial charge is 0.158 e. The first kappa shape index (κ1) is 12.4. The van der Waals surface area contributed by atoms with Crippen LogP contribution in [-0.2, 0) is 5.60 Å². The van der Waals surface area contributed by atoms with Gasteiger partial charge < -0.3 is 10.8 Å². The van der Waals surface area contributed by atoms with Crippen molar-refractivity contribution in [2.24, 2.45) is 15.9 Å². The molecular weight excluding hydrogens is 202 g/mol. The fourth-order valence-corrected chi connectivity index (χ4v) is 1.16. The minimum Gasteiger partial charge on any atom is -0.383 e. The molecule has 0 spiro atoms. The average molecular weight is 219 g/mol. The largest absolute Gasteiger partial charge is 0.383 e. The Morgan fingerprint density at radius 1 is 1.19 bits per heavy atom. The van der Waals surface area contributed by atoms with Gasteiger partial charge in [-0.05, 0) is 26.3 Å². The Labute approximate surface area is 95.5 Å². The second kappa shape index (κ2) is 4.90. The van der Waals surface area contributed by atoms with Gasteiger partial charge in [-0.3, -0.25) is 0 Å². The highest BCUT2D eigenvalue weighted by Crippen LogP contribution is 2.20. The van der Waals surface area contributed by atoms with Gasteiger partial charge in [0.15, 0.2) is 5.84 Å². The number of amidine groups is 1. The molecule has 0 saturated carbocycles. The van der Waals surface area contributed by atoms with Crippen LogP contribution in [0.25, 0.3) is 0 Å². The van der Waals surface area contributed by atoms with Crippen LogP contribution in [-0.4, -0.2) is 16.7 Å². The molecule has 0 saturated heterocycles. The van der Waals surface area contributed by atoms with Crippen LogP contribution in [0.1, 0.15) is 26.3 Å². The van der Waals surface area contributed by atoms with Crippen LogP contribution in [0.3, 0.4) is 0 Å². The van der Waals surface area contributed by atoms with Gasteiger partial charge in [0.1, 0.15) is 5.60 Å². The predicted molar refractivity (Wildman–Crippen MR) is 66.4 cm³/mol. The van der Waals surface area contributed by atoms with Crippen molar-refractivity contribution in [1.82, 2.24) is 0 Å². The summed E-state index contributed by atoms with van der Waals surface area (Å²) in [5.41, 5.74) is 5.91. The zero-order chi connectivity index (χ0) is 12.2. The Balaban J connectivity index is 3.03. The van der Waals surface area contributed by atoms with Crippen molar-refractivity contribution in [3.63, 3.8) is 0 Å². The normalized spacial score (nSPS) is 15.4. The molecule has 0 aliphatic carbocycles. The van der Waals surface area contributed by atoms with E-state index in [0.29, 0.717) is 5.56 Å². The molecule has 0 fully saturated rings. The van der Waals surface area contributed by atoms with Gasteiger partial charge in [0.2, 0.25) is 0 Å². The van der Waals surface area contributed by atoms with Crippen molar-refractivity contribution >= 4 is 11.5 Å². The van der Waals surface area contributed by atoms with Crippen LogP contribution >= 0.6 is 0 Å². The first-order chi connectivity index (χ1) is 7.44. The number of nitrogens with zero attached hydrogens (tertiary/aromatic N) is 2. The van der Waals surface area contributed by atoms with E-state index in [1.807, 2.05) is 32.0 Å². The van der Waals surface area contributed by atoms with E-state index >= 15 is 0 Å². The van der Waals surface area contributed by atoms with Gasteiger partial charge in [-0.25, -0.2) is 0 Å². The predicted octanol–water partition coefficient (Wildman–Crippen LogP) is 1.65. The molecular formula is C12H17N3O. The molecule has 0 aliphatic heterocycles. The monoisotopic (exact) mass is 219 g/mol. The van der Waals surface area contributed by atoms with E-state index in [1.165, 1.54) is 0 Å². The molecule has 1 unspecified atom stereocenters. The quantitative estimate of drug-likeness (QED) is 0.461. The molecule has 0 amide bonds. The van der Waals surface area contributed by atoms with Crippen LogP contribution in [0.5, 0.6) is 0 Å². The third-order valence-corrected chi connectivity index (χ3v) is 2.19. The summed E-state index contributed by atoms with van der Waals surface area (Å²) in [6.45, 7) is 5.23. The Hall–Kier alpha value is -1.68. The molecule has 1 aromatic rings. The van der Waals surface area contributed by atoms with Gasteiger partial charge in [-0.2, -0.15) is 5.10 Å². The summed E-state index contributed by atoms with van der Waals surface area (Å²) < 4.78 is 0. The minimum absolute atomic E-state index is 0.0832. The number of nitrogens with two attached hydrogens (primary N) is 1. The second-order valence-electron chi connectivity index (χ2n) is 3.97. The molecule has 0 radical (unpaired) electrons. The number of aliphatic hydroxyl groups is 1. The lowest BCUT2D eigenvalue weighted by molar-refractivity contribution is 0.131. The van der Waals surface area contributed by atoms with E-state index in [2.05, 4.69) is 10.2 Å². The fraction of sp³-hybridized carbons (Fsp3) is 0.333. The second-order valence-corrected chi connectivity index (χ2v) is 3.97. The van der Waals surface area contributed by atoms with Gasteiger partial charge in [0.25, 0.3) is 0 Å². The summed E-state index contributed by atoms with van der Waals surface area (Å²) in [4.78, 5) is 0. The van der Waals surface area contributed by atoms with Crippen molar-refractivity contribution in [3.8, 4) is 0 Å². The standard InChI is InChI=1S/C12H17N3O/c1-9(2)14-15-11(13)12(3,16)10-7-5-4-6-8-10/h4-8,16H,1-3H3,(H2,13,15). The van der Waals surface area contributed by atoms with Crippen LogP contribution in [0.4, 0.5) is 0 Å². The third kappa shape index (κ3) is 2.90. The summed E-state index contributed by atoms with van der Waals surface area (Å²) in [6.07, 6.45) is 0. The van der Waals surface area contributed by atoms with Crippen molar-refractivity contribution in [2.75, 3.05) is 0 Å². The van der Waals surface area contributed by atoms with Gasteiger partial charge >= 0.3 is 0 Å². The van der Waals surface area contributed by atoms with E-state index < -0.39 is 5.60 Å². The van der Waals surface area contributed by atoms with Gasteiger partial charge in [0.05, 0.1) is 0 Å². The van der Waals surface area contributed by atoms with E-state index in [0.717, 1.165) is 5.71 Å². The van der Waals surface area contributed by atoms with Gasteiger partial charge in [-0.1, -0.05) is 30.3 Å². The molecule has 0 aromatic heterocycles. The Bertz CT molecular complexity index is 404.